The van der Waals surface area contributed by atoms with Crippen molar-refractivity contribution in [2.75, 3.05) is 0 Å². The number of halogens is 3. The summed E-state index contributed by atoms with van der Waals surface area (Å²) in [6.45, 7) is 0. The maximum atomic E-state index is 13.8. The predicted octanol–water partition coefficient (Wildman–Crippen LogP) is 5.12. The molecule has 3 unspecified atom stereocenters. The predicted molar refractivity (Wildman–Crippen MR) is 121 cm³/mol. The van der Waals surface area contributed by atoms with E-state index in [4.69, 9.17) is 0 Å². The fourth-order valence-electron chi connectivity index (χ4n) is 4.65. The smallest absolute Gasteiger partial charge is 0.416 e. The standard InChI is InChI=1S/C25H20F3NO5S/c26-25(27,28)17-10-8-16(9-11-17)21(30)29-20(19-7-4-12-35-19)18(22(31)32)14-24(29,23(33)34)13-15-5-2-1-3-6-15/h1-12,18,20H,13-14H2,(H,31,32)(H,33,34). The molecule has 4 rings (SSSR count). The number of carbonyl (C=O) groups is 3. The molecule has 0 saturated carbocycles. The number of carbonyl (C=O) groups excluding carboxylic acids is 1. The zero-order chi connectivity index (χ0) is 25.4. The monoisotopic (exact) mass is 503 g/mol. The average molecular weight is 503 g/mol. The number of hydrogen-bond donors (Lipinski definition) is 2. The zero-order valence-electron chi connectivity index (χ0n) is 18.1. The first kappa shape index (κ1) is 24.5. The van der Waals surface area contributed by atoms with E-state index in [0.29, 0.717) is 10.4 Å². The van der Waals surface area contributed by atoms with E-state index in [0.717, 1.165) is 29.2 Å². The van der Waals surface area contributed by atoms with Crippen molar-refractivity contribution < 1.29 is 37.8 Å². The Hall–Kier alpha value is -3.66. The van der Waals surface area contributed by atoms with Crippen LogP contribution in [0.25, 0.3) is 0 Å². The maximum Gasteiger partial charge on any atom is 0.416 e. The number of hydrogen-bond acceptors (Lipinski definition) is 4. The first-order valence-corrected chi connectivity index (χ1v) is 11.5. The van der Waals surface area contributed by atoms with Crippen molar-refractivity contribution in [3.05, 3.63) is 93.7 Å². The van der Waals surface area contributed by atoms with Crippen molar-refractivity contribution in [3.63, 3.8) is 0 Å². The van der Waals surface area contributed by atoms with E-state index in [1.54, 1.807) is 47.8 Å². The van der Waals surface area contributed by atoms with E-state index >= 15 is 0 Å². The molecule has 1 fully saturated rings. The van der Waals surface area contributed by atoms with E-state index in [2.05, 4.69) is 0 Å². The van der Waals surface area contributed by atoms with Gasteiger partial charge in [0.1, 0.15) is 5.54 Å². The van der Waals surface area contributed by atoms with Gasteiger partial charge in [0.2, 0.25) is 0 Å². The molecule has 6 nitrogen and oxygen atoms in total. The van der Waals surface area contributed by atoms with Crippen LogP contribution in [0.4, 0.5) is 13.2 Å². The van der Waals surface area contributed by atoms with Crippen molar-refractivity contribution in [3.8, 4) is 0 Å². The first-order chi connectivity index (χ1) is 16.5. The average Bonchev–Trinajstić information content (AvgIpc) is 3.45. The van der Waals surface area contributed by atoms with Crippen LogP contribution in [-0.2, 0) is 22.2 Å². The molecule has 35 heavy (non-hydrogen) atoms. The summed E-state index contributed by atoms with van der Waals surface area (Å²) < 4.78 is 39.1. The molecule has 0 radical (unpaired) electrons. The Morgan fingerprint density at radius 1 is 0.971 bits per heavy atom. The van der Waals surface area contributed by atoms with Crippen LogP contribution in [0.3, 0.4) is 0 Å². The third-order valence-corrected chi connectivity index (χ3v) is 7.19. The second kappa shape index (κ2) is 9.18. The fraction of sp³-hybridized carbons (Fsp3) is 0.240. The van der Waals surface area contributed by atoms with Crippen LogP contribution in [0, 0.1) is 5.92 Å². The molecule has 3 atom stereocenters. The van der Waals surface area contributed by atoms with Crippen LogP contribution >= 0.6 is 11.3 Å². The van der Waals surface area contributed by atoms with Crippen molar-refractivity contribution in [1.82, 2.24) is 4.90 Å². The van der Waals surface area contributed by atoms with E-state index in [1.165, 1.54) is 11.3 Å². The second-order valence-electron chi connectivity index (χ2n) is 8.36. The number of nitrogens with zero attached hydrogens (tertiary/aromatic N) is 1. The molecule has 2 N–H and O–H groups in total. The van der Waals surface area contributed by atoms with E-state index in [9.17, 15) is 37.8 Å². The van der Waals surface area contributed by atoms with Gasteiger partial charge >= 0.3 is 18.1 Å². The maximum absolute atomic E-state index is 13.8. The van der Waals surface area contributed by atoms with Crippen molar-refractivity contribution in [2.45, 2.75) is 30.6 Å². The molecule has 0 aliphatic carbocycles. The first-order valence-electron chi connectivity index (χ1n) is 10.6. The number of rotatable bonds is 6. The molecule has 0 spiro atoms. The molecule has 2 heterocycles. The van der Waals surface area contributed by atoms with Crippen LogP contribution in [0.2, 0.25) is 0 Å². The third kappa shape index (κ3) is 4.53. The van der Waals surface area contributed by atoms with Crippen molar-refractivity contribution in [2.24, 2.45) is 5.92 Å². The Bertz CT molecular complexity index is 1230. The van der Waals surface area contributed by atoms with Gasteiger partial charge in [-0.3, -0.25) is 9.59 Å². The van der Waals surface area contributed by atoms with Crippen LogP contribution in [0.5, 0.6) is 0 Å². The van der Waals surface area contributed by atoms with E-state index in [1.807, 2.05) is 0 Å². The molecule has 0 bridgehead atoms. The molecule has 1 aliphatic heterocycles. The topological polar surface area (TPSA) is 94.9 Å². The highest BCUT2D eigenvalue weighted by Crippen LogP contribution is 2.50. The summed E-state index contributed by atoms with van der Waals surface area (Å²) in [6.07, 6.45) is -5.13. The van der Waals surface area contributed by atoms with E-state index < -0.39 is 47.1 Å². The number of likely N-dealkylation sites (tertiary alicyclic amines) is 1. The number of amides is 1. The molecule has 10 heteroatoms. The van der Waals surface area contributed by atoms with Gasteiger partial charge in [-0.25, -0.2) is 4.79 Å². The Morgan fingerprint density at radius 3 is 2.14 bits per heavy atom. The van der Waals surface area contributed by atoms with Gasteiger partial charge in [0.25, 0.3) is 5.91 Å². The Kier molecular flexibility index (Phi) is 6.42. The van der Waals surface area contributed by atoms with Gasteiger partial charge in [-0.2, -0.15) is 13.2 Å². The zero-order valence-corrected chi connectivity index (χ0v) is 18.9. The molecule has 2 aromatic carbocycles. The highest BCUT2D eigenvalue weighted by atomic mass is 32.1. The normalized spacial score (nSPS) is 22.2. The number of carboxylic acid groups (broad SMARTS) is 2. The van der Waals surface area contributed by atoms with Crippen LogP contribution < -0.4 is 0 Å². The number of benzene rings is 2. The highest BCUT2D eigenvalue weighted by molar-refractivity contribution is 7.10. The lowest BCUT2D eigenvalue weighted by Gasteiger charge is -2.38. The summed E-state index contributed by atoms with van der Waals surface area (Å²) in [5.74, 6) is -4.72. The molecular weight excluding hydrogens is 483 g/mol. The summed E-state index contributed by atoms with van der Waals surface area (Å²) in [5, 5.41) is 22.1. The van der Waals surface area contributed by atoms with Gasteiger partial charge in [-0.15, -0.1) is 11.3 Å². The van der Waals surface area contributed by atoms with Gasteiger partial charge in [0, 0.05) is 16.9 Å². The van der Waals surface area contributed by atoms with E-state index in [-0.39, 0.29) is 18.4 Å². The Morgan fingerprint density at radius 2 is 1.63 bits per heavy atom. The minimum Gasteiger partial charge on any atom is -0.481 e. The summed E-state index contributed by atoms with van der Waals surface area (Å²) in [4.78, 5) is 40.4. The fourth-order valence-corrected chi connectivity index (χ4v) is 5.53. The van der Waals surface area contributed by atoms with Gasteiger partial charge in [-0.1, -0.05) is 36.4 Å². The van der Waals surface area contributed by atoms with Crippen LogP contribution in [-0.4, -0.2) is 38.5 Å². The summed E-state index contributed by atoms with van der Waals surface area (Å²) in [6, 6.07) is 14.2. The number of alkyl halides is 3. The summed E-state index contributed by atoms with van der Waals surface area (Å²) >= 11 is 1.18. The minimum absolute atomic E-state index is 0.163. The molecule has 1 aromatic heterocycles. The lowest BCUT2D eigenvalue weighted by atomic mass is 9.85. The lowest BCUT2D eigenvalue weighted by molar-refractivity contribution is -0.149. The molecule has 182 valence electrons. The molecule has 3 aromatic rings. The third-order valence-electron chi connectivity index (χ3n) is 6.25. The molecule has 1 saturated heterocycles. The minimum atomic E-state index is -4.61. The van der Waals surface area contributed by atoms with Gasteiger partial charge in [0.15, 0.2) is 0 Å². The number of thiophene rings is 1. The Balaban J connectivity index is 1.88. The Labute approximate surface area is 202 Å². The second-order valence-corrected chi connectivity index (χ2v) is 9.34. The van der Waals surface area contributed by atoms with Gasteiger partial charge in [0.05, 0.1) is 17.5 Å². The van der Waals surface area contributed by atoms with Gasteiger partial charge in [-0.05, 0) is 47.7 Å². The van der Waals surface area contributed by atoms with Crippen LogP contribution in [0.1, 0.15) is 38.8 Å². The molecule has 1 aliphatic rings. The highest BCUT2D eigenvalue weighted by Gasteiger charge is 2.61. The lowest BCUT2D eigenvalue weighted by Crippen LogP contribution is -2.55. The largest absolute Gasteiger partial charge is 0.481 e. The van der Waals surface area contributed by atoms with Crippen molar-refractivity contribution in [1.29, 1.82) is 0 Å². The molecular formula is C25H20F3NO5S. The molecule has 1 amide bonds. The SMILES string of the molecule is O=C(O)C1CC(Cc2ccccc2)(C(=O)O)N(C(=O)c2ccc(C(F)(F)F)cc2)C1c1cccs1. The van der Waals surface area contributed by atoms with Crippen LogP contribution in [0.15, 0.2) is 72.1 Å². The number of carboxylic acids is 2. The number of aliphatic carboxylic acids is 2. The summed E-state index contributed by atoms with van der Waals surface area (Å²) in [7, 11) is 0. The van der Waals surface area contributed by atoms with Crippen molar-refractivity contribution >= 4 is 29.2 Å². The van der Waals surface area contributed by atoms with Gasteiger partial charge < -0.3 is 15.1 Å². The quantitative estimate of drug-likeness (QED) is 0.487. The summed E-state index contributed by atoms with van der Waals surface area (Å²) in [5.41, 5.74) is -2.47.